The lowest BCUT2D eigenvalue weighted by molar-refractivity contribution is -0.121. The molecule has 1 fully saturated rings. The summed E-state index contributed by atoms with van der Waals surface area (Å²) < 4.78 is 25.4. The number of nitrogens with zero attached hydrogens (tertiary/aromatic N) is 1. The topological polar surface area (TPSA) is 95.6 Å². The van der Waals surface area contributed by atoms with E-state index in [1.165, 1.54) is 11.2 Å². The van der Waals surface area contributed by atoms with Crippen molar-refractivity contribution in [2.45, 2.75) is 45.1 Å². The summed E-state index contributed by atoms with van der Waals surface area (Å²) in [5.41, 5.74) is 1.05. The Bertz CT molecular complexity index is 710. The highest BCUT2D eigenvalue weighted by molar-refractivity contribution is 7.92. The molecule has 1 aliphatic carbocycles. The van der Waals surface area contributed by atoms with Gasteiger partial charge in [-0.15, -0.1) is 0 Å². The van der Waals surface area contributed by atoms with Crippen LogP contribution < -0.4 is 14.9 Å². The van der Waals surface area contributed by atoms with Crippen LogP contribution in [0.2, 0.25) is 0 Å². The summed E-state index contributed by atoms with van der Waals surface area (Å²) in [6, 6.07) is 6.71. The fraction of sp³-hybridized carbons (Fsp3) is 0.529. The van der Waals surface area contributed by atoms with Crippen LogP contribution in [0.15, 0.2) is 24.3 Å². The fourth-order valence-corrected chi connectivity index (χ4v) is 3.90. The monoisotopic (exact) mass is 367 g/mol. The SMILES string of the molecule is CC(=O)Nc1ccc(N(CCC(=O)NC2CCCC2)S(C)(=O)=O)cc1. The average molecular weight is 367 g/mol. The molecule has 0 aliphatic heterocycles. The number of hydrogen-bond donors (Lipinski definition) is 2. The molecular formula is C17H25N3O4S. The molecule has 1 aliphatic rings. The maximum atomic E-state index is 12.1. The zero-order chi connectivity index (χ0) is 18.4. The van der Waals surface area contributed by atoms with Gasteiger partial charge in [-0.25, -0.2) is 8.42 Å². The van der Waals surface area contributed by atoms with E-state index in [1.807, 2.05) is 0 Å². The normalized spacial score (nSPS) is 15.0. The van der Waals surface area contributed by atoms with Gasteiger partial charge in [0.25, 0.3) is 0 Å². The number of nitrogens with one attached hydrogen (secondary N) is 2. The Balaban J connectivity index is 2.01. The first-order valence-corrected chi connectivity index (χ1v) is 10.3. The summed E-state index contributed by atoms with van der Waals surface area (Å²) in [6.07, 6.45) is 5.46. The maximum Gasteiger partial charge on any atom is 0.232 e. The van der Waals surface area contributed by atoms with E-state index >= 15 is 0 Å². The molecule has 2 rings (SSSR count). The van der Waals surface area contributed by atoms with Gasteiger partial charge in [0.05, 0.1) is 11.9 Å². The summed E-state index contributed by atoms with van der Waals surface area (Å²) in [5.74, 6) is -0.327. The predicted octanol–water partition coefficient (Wildman–Crippen LogP) is 1.86. The number of hydrogen-bond acceptors (Lipinski definition) is 4. The van der Waals surface area contributed by atoms with Gasteiger partial charge in [-0.2, -0.15) is 0 Å². The van der Waals surface area contributed by atoms with Crippen LogP contribution in [-0.2, 0) is 19.6 Å². The van der Waals surface area contributed by atoms with Gasteiger partial charge in [0.2, 0.25) is 21.8 Å². The van der Waals surface area contributed by atoms with Crippen molar-refractivity contribution in [2.24, 2.45) is 0 Å². The van der Waals surface area contributed by atoms with Gasteiger partial charge in [-0.05, 0) is 37.1 Å². The van der Waals surface area contributed by atoms with E-state index in [4.69, 9.17) is 0 Å². The third-order valence-corrected chi connectivity index (χ3v) is 5.33. The highest BCUT2D eigenvalue weighted by atomic mass is 32.2. The molecule has 25 heavy (non-hydrogen) atoms. The molecule has 1 aromatic carbocycles. The van der Waals surface area contributed by atoms with Crippen LogP contribution in [0.1, 0.15) is 39.0 Å². The minimum atomic E-state index is -3.51. The third kappa shape index (κ3) is 6.04. The number of amides is 2. The maximum absolute atomic E-state index is 12.1. The molecule has 0 atom stereocenters. The van der Waals surface area contributed by atoms with Gasteiger partial charge >= 0.3 is 0 Å². The minimum Gasteiger partial charge on any atom is -0.353 e. The molecule has 1 saturated carbocycles. The number of carbonyl (C=O) groups is 2. The molecule has 138 valence electrons. The molecule has 2 amide bonds. The molecule has 1 aromatic rings. The van der Waals surface area contributed by atoms with E-state index in [9.17, 15) is 18.0 Å². The van der Waals surface area contributed by atoms with E-state index in [2.05, 4.69) is 10.6 Å². The third-order valence-electron chi connectivity index (χ3n) is 4.14. The Labute approximate surface area is 148 Å². The molecule has 7 nitrogen and oxygen atoms in total. The smallest absolute Gasteiger partial charge is 0.232 e. The zero-order valence-electron chi connectivity index (χ0n) is 14.6. The number of anilines is 2. The Morgan fingerprint density at radius 2 is 1.76 bits per heavy atom. The molecule has 0 aromatic heterocycles. The van der Waals surface area contributed by atoms with Crippen LogP contribution in [0.4, 0.5) is 11.4 Å². The van der Waals surface area contributed by atoms with Crippen molar-refractivity contribution in [3.8, 4) is 0 Å². The van der Waals surface area contributed by atoms with Crippen molar-refractivity contribution in [1.82, 2.24) is 5.32 Å². The first kappa shape index (κ1) is 19.2. The second-order valence-corrected chi connectivity index (χ2v) is 8.27. The van der Waals surface area contributed by atoms with Crippen molar-refractivity contribution in [3.63, 3.8) is 0 Å². The summed E-state index contributed by atoms with van der Waals surface area (Å²) in [6.45, 7) is 1.48. The van der Waals surface area contributed by atoms with Crippen molar-refractivity contribution in [2.75, 3.05) is 22.4 Å². The molecule has 2 N–H and O–H groups in total. The molecule has 0 bridgehead atoms. The van der Waals surface area contributed by atoms with E-state index < -0.39 is 10.0 Å². The van der Waals surface area contributed by atoms with Crippen molar-refractivity contribution in [3.05, 3.63) is 24.3 Å². The summed E-state index contributed by atoms with van der Waals surface area (Å²) in [4.78, 5) is 23.1. The number of rotatable bonds is 7. The van der Waals surface area contributed by atoms with Gasteiger partial charge in [0.1, 0.15) is 0 Å². The summed E-state index contributed by atoms with van der Waals surface area (Å²) in [7, 11) is -3.51. The Morgan fingerprint density at radius 1 is 1.16 bits per heavy atom. The van der Waals surface area contributed by atoms with Crippen LogP contribution in [0.5, 0.6) is 0 Å². The van der Waals surface area contributed by atoms with Crippen LogP contribution in [-0.4, -0.2) is 39.1 Å². The quantitative estimate of drug-likeness (QED) is 0.769. The van der Waals surface area contributed by atoms with E-state index in [1.54, 1.807) is 24.3 Å². The second-order valence-electron chi connectivity index (χ2n) is 6.36. The lowest BCUT2D eigenvalue weighted by Gasteiger charge is -2.23. The Morgan fingerprint density at radius 3 is 2.28 bits per heavy atom. The van der Waals surface area contributed by atoms with Crippen molar-refractivity contribution >= 4 is 33.2 Å². The van der Waals surface area contributed by atoms with E-state index in [0.717, 1.165) is 31.9 Å². The Hall–Kier alpha value is -2.09. The van der Waals surface area contributed by atoms with Crippen LogP contribution >= 0.6 is 0 Å². The number of benzene rings is 1. The average Bonchev–Trinajstić information content (AvgIpc) is 3.00. The molecule has 0 radical (unpaired) electrons. The first-order valence-electron chi connectivity index (χ1n) is 8.40. The number of sulfonamides is 1. The van der Waals surface area contributed by atoms with Gasteiger partial charge in [-0.1, -0.05) is 12.8 Å². The molecule has 0 heterocycles. The lowest BCUT2D eigenvalue weighted by Crippen LogP contribution is -2.37. The predicted molar refractivity (Wildman–Crippen MR) is 98.0 cm³/mol. The molecule has 0 spiro atoms. The van der Waals surface area contributed by atoms with Gasteiger partial charge in [0, 0.05) is 31.6 Å². The largest absolute Gasteiger partial charge is 0.353 e. The molecule has 0 unspecified atom stereocenters. The van der Waals surface area contributed by atoms with Gasteiger partial charge < -0.3 is 10.6 Å². The van der Waals surface area contributed by atoms with Crippen LogP contribution in [0.25, 0.3) is 0 Å². The molecule has 0 saturated heterocycles. The van der Waals surface area contributed by atoms with Crippen LogP contribution in [0, 0.1) is 0 Å². The van der Waals surface area contributed by atoms with E-state index in [0.29, 0.717) is 11.4 Å². The number of carbonyl (C=O) groups excluding carboxylic acids is 2. The summed E-state index contributed by atoms with van der Waals surface area (Å²) >= 11 is 0. The minimum absolute atomic E-state index is 0.0802. The van der Waals surface area contributed by atoms with E-state index in [-0.39, 0.29) is 30.8 Å². The fourth-order valence-electron chi connectivity index (χ4n) is 2.97. The summed E-state index contributed by atoms with van der Waals surface area (Å²) in [5, 5.41) is 5.59. The second kappa shape index (κ2) is 8.33. The Kier molecular flexibility index (Phi) is 6.41. The molecule has 8 heteroatoms. The zero-order valence-corrected chi connectivity index (χ0v) is 15.4. The van der Waals surface area contributed by atoms with Crippen molar-refractivity contribution in [1.29, 1.82) is 0 Å². The van der Waals surface area contributed by atoms with Gasteiger partial charge in [-0.3, -0.25) is 13.9 Å². The molecular weight excluding hydrogens is 342 g/mol. The van der Waals surface area contributed by atoms with Crippen LogP contribution in [0.3, 0.4) is 0 Å². The first-order chi connectivity index (χ1) is 11.8. The standard InChI is InChI=1S/C17H25N3O4S/c1-13(21)18-15-7-9-16(10-8-15)20(25(2,23)24)12-11-17(22)19-14-5-3-4-6-14/h7-10,14H,3-6,11-12H2,1-2H3,(H,18,21)(H,19,22). The highest BCUT2D eigenvalue weighted by Crippen LogP contribution is 2.21. The highest BCUT2D eigenvalue weighted by Gasteiger charge is 2.21. The van der Waals surface area contributed by atoms with Gasteiger partial charge in [0.15, 0.2) is 0 Å². The lowest BCUT2D eigenvalue weighted by atomic mass is 10.2. The van der Waals surface area contributed by atoms with Crippen molar-refractivity contribution < 1.29 is 18.0 Å².